The predicted octanol–water partition coefficient (Wildman–Crippen LogP) is 2.74. The number of hydrogen-bond donors (Lipinski definition) is 2. The maximum absolute atomic E-state index is 11.6. The number of carbonyl (C=O) groups is 1. The average molecular weight is 275 g/mol. The summed E-state index contributed by atoms with van der Waals surface area (Å²) < 4.78 is 5.42. The van der Waals surface area contributed by atoms with Gasteiger partial charge in [0.05, 0.1) is 11.6 Å². The Morgan fingerprint density at radius 3 is 2.65 bits per heavy atom. The van der Waals surface area contributed by atoms with Crippen molar-refractivity contribution in [3.63, 3.8) is 0 Å². The van der Waals surface area contributed by atoms with E-state index in [-0.39, 0.29) is 6.03 Å². The minimum Gasteiger partial charge on any atom is -0.381 e. The maximum Gasteiger partial charge on any atom is 0.319 e. The van der Waals surface area contributed by atoms with Crippen molar-refractivity contribution in [2.75, 3.05) is 25.1 Å². The molecule has 0 spiro atoms. The number of carbonyl (C=O) groups excluding carboxylic acids is 1. The van der Waals surface area contributed by atoms with Gasteiger partial charge in [-0.25, -0.2) is 4.79 Å². The topological polar surface area (TPSA) is 74.2 Å². The van der Waals surface area contributed by atoms with Crippen molar-refractivity contribution in [2.24, 2.45) is 5.92 Å². The number of benzene rings is 1. The maximum atomic E-state index is 11.6. The number of nitriles is 1. The number of ether oxygens (including phenoxy) is 1. The Balaban J connectivity index is 2.15. The van der Waals surface area contributed by atoms with Gasteiger partial charge in [-0.05, 0) is 36.6 Å². The van der Waals surface area contributed by atoms with Crippen LogP contribution in [0.25, 0.3) is 0 Å². The van der Waals surface area contributed by atoms with Crippen LogP contribution in [0.15, 0.2) is 24.3 Å². The highest BCUT2D eigenvalue weighted by atomic mass is 16.5. The lowest BCUT2D eigenvalue weighted by Crippen LogP contribution is -2.30. The average Bonchev–Trinajstić information content (AvgIpc) is 2.43. The van der Waals surface area contributed by atoms with Crippen LogP contribution in [0.2, 0.25) is 0 Å². The van der Waals surface area contributed by atoms with Crippen LogP contribution in [0.4, 0.5) is 10.5 Å². The number of nitrogens with zero attached hydrogens (tertiary/aromatic N) is 1. The summed E-state index contributed by atoms with van der Waals surface area (Å²) in [4.78, 5) is 11.6. The second kappa shape index (κ2) is 8.94. The molecule has 0 unspecified atom stereocenters. The van der Waals surface area contributed by atoms with E-state index in [2.05, 4.69) is 24.5 Å². The molecule has 2 N–H and O–H groups in total. The summed E-state index contributed by atoms with van der Waals surface area (Å²) in [6, 6.07) is 8.50. The summed E-state index contributed by atoms with van der Waals surface area (Å²) in [5.41, 5.74) is 1.23. The van der Waals surface area contributed by atoms with Crippen LogP contribution in [-0.2, 0) is 4.74 Å². The SMILES string of the molecule is CC(C)COCCCNC(=O)Nc1ccc(C#N)cc1. The molecule has 108 valence electrons. The molecule has 0 fully saturated rings. The summed E-state index contributed by atoms with van der Waals surface area (Å²) in [7, 11) is 0. The number of amides is 2. The summed E-state index contributed by atoms with van der Waals surface area (Å²) in [6.07, 6.45) is 0.785. The number of hydrogen-bond acceptors (Lipinski definition) is 3. The van der Waals surface area contributed by atoms with Crippen LogP contribution in [0.3, 0.4) is 0 Å². The predicted molar refractivity (Wildman–Crippen MR) is 78.5 cm³/mol. The molecule has 0 aliphatic carbocycles. The largest absolute Gasteiger partial charge is 0.381 e. The van der Waals surface area contributed by atoms with E-state index < -0.39 is 0 Å². The first-order valence-electron chi connectivity index (χ1n) is 6.74. The van der Waals surface area contributed by atoms with E-state index in [9.17, 15) is 4.79 Å². The highest BCUT2D eigenvalue weighted by Gasteiger charge is 2.01. The van der Waals surface area contributed by atoms with Crippen molar-refractivity contribution in [2.45, 2.75) is 20.3 Å². The second-order valence-corrected chi connectivity index (χ2v) is 4.89. The summed E-state index contributed by atoms with van der Waals surface area (Å²) in [5, 5.41) is 14.1. The summed E-state index contributed by atoms with van der Waals surface area (Å²) in [5.74, 6) is 0.530. The van der Waals surface area contributed by atoms with Crippen molar-refractivity contribution in [3.05, 3.63) is 29.8 Å². The van der Waals surface area contributed by atoms with Gasteiger partial charge in [0.1, 0.15) is 0 Å². The first-order chi connectivity index (χ1) is 9.61. The molecule has 1 aromatic rings. The van der Waals surface area contributed by atoms with Crippen molar-refractivity contribution >= 4 is 11.7 Å². The van der Waals surface area contributed by atoms with E-state index in [1.165, 1.54) is 0 Å². The Labute approximate surface area is 119 Å². The van der Waals surface area contributed by atoms with Gasteiger partial charge in [-0.1, -0.05) is 13.8 Å². The van der Waals surface area contributed by atoms with E-state index in [1.54, 1.807) is 24.3 Å². The van der Waals surface area contributed by atoms with Gasteiger partial charge in [0, 0.05) is 25.4 Å². The molecule has 0 radical (unpaired) electrons. The van der Waals surface area contributed by atoms with Gasteiger partial charge >= 0.3 is 6.03 Å². The molecular weight excluding hydrogens is 254 g/mol. The first kappa shape index (κ1) is 16.0. The van der Waals surface area contributed by atoms with Gasteiger partial charge in [-0.2, -0.15) is 5.26 Å². The lowest BCUT2D eigenvalue weighted by molar-refractivity contribution is 0.108. The molecule has 20 heavy (non-hydrogen) atoms. The van der Waals surface area contributed by atoms with Crippen LogP contribution >= 0.6 is 0 Å². The van der Waals surface area contributed by atoms with Crippen molar-refractivity contribution in [3.8, 4) is 6.07 Å². The molecule has 1 rings (SSSR count). The van der Waals surface area contributed by atoms with Gasteiger partial charge in [-0.3, -0.25) is 0 Å². The van der Waals surface area contributed by atoms with E-state index in [0.717, 1.165) is 13.0 Å². The molecule has 1 aromatic carbocycles. The van der Waals surface area contributed by atoms with Gasteiger partial charge in [0.2, 0.25) is 0 Å². The normalized spacial score (nSPS) is 10.1. The fourth-order valence-electron chi connectivity index (χ4n) is 1.50. The van der Waals surface area contributed by atoms with Crippen LogP contribution < -0.4 is 10.6 Å². The fourth-order valence-corrected chi connectivity index (χ4v) is 1.50. The Kier molecular flexibility index (Phi) is 7.15. The Hall–Kier alpha value is -2.06. The number of rotatable bonds is 7. The number of urea groups is 1. The van der Waals surface area contributed by atoms with Crippen molar-refractivity contribution < 1.29 is 9.53 Å². The lowest BCUT2D eigenvalue weighted by atomic mass is 10.2. The third-order valence-corrected chi connectivity index (χ3v) is 2.47. The van der Waals surface area contributed by atoms with Gasteiger partial charge in [0.15, 0.2) is 0 Å². The molecule has 0 atom stereocenters. The number of nitrogens with one attached hydrogen (secondary N) is 2. The molecule has 0 aliphatic rings. The number of anilines is 1. The minimum atomic E-state index is -0.251. The van der Waals surface area contributed by atoms with E-state index in [0.29, 0.717) is 30.3 Å². The van der Waals surface area contributed by atoms with Crippen LogP contribution in [0.5, 0.6) is 0 Å². The monoisotopic (exact) mass is 275 g/mol. The molecule has 2 amide bonds. The van der Waals surface area contributed by atoms with Crippen molar-refractivity contribution in [1.82, 2.24) is 5.32 Å². The molecule has 0 saturated heterocycles. The van der Waals surface area contributed by atoms with Gasteiger partial charge in [-0.15, -0.1) is 0 Å². The zero-order chi connectivity index (χ0) is 14.8. The van der Waals surface area contributed by atoms with Crippen LogP contribution in [0, 0.1) is 17.2 Å². The molecular formula is C15H21N3O2. The van der Waals surface area contributed by atoms with E-state index in [1.807, 2.05) is 6.07 Å². The molecule has 5 nitrogen and oxygen atoms in total. The molecule has 0 aromatic heterocycles. The molecule has 0 saturated carbocycles. The Morgan fingerprint density at radius 1 is 1.35 bits per heavy atom. The molecule has 0 heterocycles. The van der Waals surface area contributed by atoms with E-state index >= 15 is 0 Å². The fraction of sp³-hybridized carbons (Fsp3) is 0.467. The second-order valence-electron chi connectivity index (χ2n) is 4.89. The molecule has 0 aliphatic heterocycles. The Morgan fingerprint density at radius 2 is 2.05 bits per heavy atom. The molecule has 0 bridgehead atoms. The van der Waals surface area contributed by atoms with E-state index in [4.69, 9.17) is 10.00 Å². The van der Waals surface area contributed by atoms with Crippen LogP contribution in [-0.4, -0.2) is 25.8 Å². The minimum absolute atomic E-state index is 0.251. The zero-order valence-corrected chi connectivity index (χ0v) is 12.0. The Bertz CT molecular complexity index is 449. The van der Waals surface area contributed by atoms with Gasteiger partial charge in [0.25, 0.3) is 0 Å². The third kappa shape index (κ3) is 6.76. The smallest absolute Gasteiger partial charge is 0.319 e. The highest BCUT2D eigenvalue weighted by molar-refractivity contribution is 5.89. The summed E-state index contributed by atoms with van der Waals surface area (Å²) in [6.45, 7) is 6.17. The lowest BCUT2D eigenvalue weighted by Gasteiger charge is -2.09. The van der Waals surface area contributed by atoms with Crippen molar-refractivity contribution in [1.29, 1.82) is 5.26 Å². The van der Waals surface area contributed by atoms with Gasteiger partial charge < -0.3 is 15.4 Å². The summed E-state index contributed by atoms with van der Waals surface area (Å²) >= 11 is 0. The molecule has 5 heteroatoms. The quantitative estimate of drug-likeness (QED) is 0.751. The van der Waals surface area contributed by atoms with Crippen LogP contribution in [0.1, 0.15) is 25.8 Å². The highest BCUT2D eigenvalue weighted by Crippen LogP contribution is 2.08. The zero-order valence-electron chi connectivity index (χ0n) is 12.0. The first-order valence-corrected chi connectivity index (χ1v) is 6.74. The standard InChI is InChI=1S/C15H21N3O2/c1-12(2)11-20-9-3-8-17-15(19)18-14-6-4-13(10-16)5-7-14/h4-7,12H,3,8-9,11H2,1-2H3,(H2,17,18,19). The third-order valence-electron chi connectivity index (χ3n) is 2.47.